The SMILES string of the molecule is COC1C=C(CN2CCN[C@H](c3ccccc3C(C)C)C2)C=CC1OC1CCC1. The van der Waals surface area contributed by atoms with Gasteiger partial charge in [0.05, 0.1) is 6.10 Å². The maximum Gasteiger partial charge on any atom is 0.106 e. The molecule has 1 heterocycles. The number of ether oxygens (including phenoxy) is 2. The van der Waals surface area contributed by atoms with Crippen LogP contribution in [0.1, 0.15) is 56.2 Å². The Morgan fingerprint density at radius 1 is 1.17 bits per heavy atom. The van der Waals surface area contributed by atoms with Gasteiger partial charge in [-0.25, -0.2) is 0 Å². The van der Waals surface area contributed by atoms with Crippen LogP contribution < -0.4 is 5.32 Å². The van der Waals surface area contributed by atoms with Crippen molar-refractivity contribution >= 4 is 0 Å². The molecule has 0 spiro atoms. The summed E-state index contributed by atoms with van der Waals surface area (Å²) in [6.45, 7) is 8.66. The fourth-order valence-corrected chi connectivity index (χ4v) is 4.62. The minimum absolute atomic E-state index is 0.0241. The Labute approximate surface area is 176 Å². The van der Waals surface area contributed by atoms with Crippen molar-refractivity contribution in [3.63, 3.8) is 0 Å². The molecule has 2 fully saturated rings. The summed E-state index contributed by atoms with van der Waals surface area (Å²) in [5, 5.41) is 3.74. The zero-order valence-electron chi connectivity index (χ0n) is 18.1. The van der Waals surface area contributed by atoms with Gasteiger partial charge in [0.2, 0.25) is 0 Å². The minimum Gasteiger partial charge on any atom is -0.374 e. The number of piperazine rings is 1. The quantitative estimate of drug-likeness (QED) is 0.749. The van der Waals surface area contributed by atoms with Crippen LogP contribution in [-0.4, -0.2) is 56.5 Å². The van der Waals surface area contributed by atoms with Crippen molar-refractivity contribution in [3.05, 3.63) is 59.2 Å². The van der Waals surface area contributed by atoms with Crippen molar-refractivity contribution < 1.29 is 9.47 Å². The third kappa shape index (κ3) is 5.00. The van der Waals surface area contributed by atoms with E-state index in [4.69, 9.17) is 9.47 Å². The molecule has 1 aliphatic heterocycles. The second-order valence-corrected chi connectivity index (χ2v) is 8.98. The second kappa shape index (κ2) is 9.57. The number of rotatable bonds is 7. The van der Waals surface area contributed by atoms with Crippen molar-refractivity contribution in [2.75, 3.05) is 33.3 Å². The van der Waals surface area contributed by atoms with Crippen LogP contribution in [0.15, 0.2) is 48.1 Å². The maximum absolute atomic E-state index is 6.20. The summed E-state index contributed by atoms with van der Waals surface area (Å²) in [6.07, 6.45) is 10.9. The molecule has 0 aromatic heterocycles. The molecule has 1 saturated heterocycles. The molecule has 4 nitrogen and oxygen atoms in total. The molecule has 2 unspecified atom stereocenters. The number of benzene rings is 1. The van der Waals surface area contributed by atoms with Crippen LogP contribution >= 0.6 is 0 Å². The number of methoxy groups -OCH3 is 1. The molecule has 0 amide bonds. The van der Waals surface area contributed by atoms with Gasteiger partial charge in [0.25, 0.3) is 0 Å². The number of hydrogen-bond acceptors (Lipinski definition) is 4. The first-order chi connectivity index (χ1) is 14.1. The molecule has 2 aliphatic carbocycles. The molecular weight excluding hydrogens is 360 g/mol. The van der Waals surface area contributed by atoms with E-state index in [2.05, 4.69) is 66.6 Å². The molecule has 0 radical (unpaired) electrons. The lowest BCUT2D eigenvalue weighted by atomic mass is 9.91. The first-order valence-electron chi connectivity index (χ1n) is 11.3. The summed E-state index contributed by atoms with van der Waals surface area (Å²) >= 11 is 0. The molecule has 4 heteroatoms. The number of hydrogen-bond donors (Lipinski definition) is 1. The molecule has 1 N–H and O–H groups in total. The fourth-order valence-electron chi connectivity index (χ4n) is 4.62. The van der Waals surface area contributed by atoms with E-state index in [1.807, 2.05) is 0 Å². The number of nitrogens with zero attached hydrogens (tertiary/aromatic N) is 1. The lowest BCUT2D eigenvalue weighted by Gasteiger charge is -2.37. The lowest BCUT2D eigenvalue weighted by Crippen LogP contribution is -2.47. The largest absolute Gasteiger partial charge is 0.374 e. The van der Waals surface area contributed by atoms with E-state index >= 15 is 0 Å². The van der Waals surface area contributed by atoms with Gasteiger partial charge < -0.3 is 14.8 Å². The highest BCUT2D eigenvalue weighted by Crippen LogP contribution is 2.29. The zero-order valence-corrected chi connectivity index (χ0v) is 18.1. The van der Waals surface area contributed by atoms with Gasteiger partial charge in [-0.3, -0.25) is 4.90 Å². The van der Waals surface area contributed by atoms with Crippen LogP contribution in [0, 0.1) is 0 Å². The van der Waals surface area contributed by atoms with Crippen LogP contribution in [0.3, 0.4) is 0 Å². The topological polar surface area (TPSA) is 33.7 Å². The van der Waals surface area contributed by atoms with Crippen LogP contribution in [-0.2, 0) is 9.47 Å². The van der Waals surface area contributed by atoms with Crippen molar-refractivity contribution in [2.45, 2.75) is 63.4 Å². The van der Waals surface area contributed by atoms with Gasteiger partial charge in [-0.05, 0) is 48.0 Å². The standard InChI is InChI=1S/C25H36N2O2/c1-18(2)21-9-4-5-10-22(21)23-17-27(14-13-26-23)16-19-11-12-24(25(15-19)28-3)29-20-7-6-8-20/h4-5,9-12,15,18,20,23-26H,6-8,13-14,16-17H2,1-3H3/t23-,24?,25?/m0/s1. The van der Waals surface area contributed by atoms with Gasteiger partial charge >= 0.3 is 0 Å². The third-order valence-corrected chi connectivity index (χ3v) is 6.54. The lowest BCUT2D eigenvalue weighted by molar-refractivity contribution is -0.0780. The monoisotopic (exact) mass is 396 g/mol. The highest BCUT2D eigenvalue weighted by molar-refractivity contribution is 5.33. The van der Waals surface area contributed by atoms with E-state index in [1.165, 1.54) is 36.0 Å². The highest BCUT2D eigenvalue weighted by atomic mass is 16.5. The van der Waals surface area contributed by atoms with Gasteiger partial charge in [0.15, 0.2) is 0 Å². The van der Waals surface area contributed by atoms with E-state index in [1.54, 1.807) is 7.11 Å². The molecule has 1 saturated carbocycles. The molecule has 3 aliphatic rings. The molecule has 0 bridgehead atoms. The predicted molar refractivity (Wildman–Crippen MR) is 118 cm³/mol. The Morgan fingerprint density at radius 3 is 2.72 bits per heavy atom. The van der Waals surface area contributed by atoms with Crippen LogP contribution in [0.5, 0.6) is 0 Å². The van der Waals surface area contributed by atoms with Gasteiger partial charge in [-0.1, -0.05) is 50.3 Å². The van der Waals surface area contributed by atoms with Crippen molar-refractivity contribution in [2.24, 2.45) is 0 Å². The first kappa shape index (κ1) is 20.8. The molecule has 29 heavy (non-hydrogen) atoms. The molecule has 4 rings (SSSR count). The summed E-state index contributed by atoms with van der Waals surface area (Å²) in [6, 6.07) is 9.28. The summed E-state index contributed by atoms with van der Waals surface area (Å²) in [4.78, 5) is 2.56. The average molecular weight is 397 g/mol. The Hall–Kier alpha value is -1.46. The second-order valence-electron chi connectivity index (χ2n) is 8.98. The van der Waals surface area contributed by atoms with E-state index in [0.29, 0.717) is 18.1 Å². The summed E-state index contributed by atoms with van der Waals surface area (Å²) in [5.41, 5.74) is 4.24. The van der Waals surface area contributed by atoms with E-state index < -0.39 is 0 Å². The van der Waals surface area contributed by atoms with Crippen LogP contribution in [0.2, 0.25) is 0 Å². The summed E-state index contributed by atoms with van der Waals surface area (Å²) in [5.74, 6) is 0.544. The summed E-state index contributed by atoms with van der Waals surface area (Å²) < 4.78 is 11.9. The Bertz CT molecular complexity index is 738. The third-order valence-electron chi connectivity index (χ3n) is 6.54. The molecule has 158 valence electrons. The van der Waals surface area contributed by atoms with Gasteiger partial charge in [-0.2, -0.15) is 0 Å². The predicted octanol–water partition coefficient (Wildman–Crippen LogP) is 4.21. The van der Waals surface area contributed by atoms with Gasteiger partial charge in [0.1, 0.15) is 12.2 Å². The fraction of sp³-hybridized carbons (Fsp3) is 0.600. The smallest absolute Gasteiger partial charge is 0.106 e. The minimum atomic E-state index is 0.0241. The normalized spacial score (nSPS) is 28.4. The molecule has 3 atom stereocenters. The van der Waals surface area contributed by atoms with Crippen molar-refractivity contribution in [3.8, 4) is 0 Å². The number of nitrogens with one attached hydrogen (secondary N) is 1. The highest BCUT2D eigenvalue weighted by Gasteiger charge is 2.29. The van der Waals surface area contributed by atoms with E-state index in [-0.39, 0.29) is 12.2 Å². The van der Waals surface area contributed by atoms with E-state index in [0.717, 1.165) is 26.2 Å². The Kier molecular flexibility index (Phi) is 6.86. The Morgan fingerprint density at radius 2 is 2.00 bits per heavy atom. The zero-order chi connectivity index (χ0) is 20.2. The first-order valence-corrected chi connectivity index (χ1v) is 11.3. The van der Waals surface area contributed by atoms with Crippen molar-refractivity contribution in [1.82, 2.24) is 10.2 Å². The maximum atomic E-state index is 6.20. The van der Waals surface area contributed by atoms with Crippen molar-refractivity contribution in [1.29, 1.82) is 0 Å². The van der Waals surface area contributed by atoms with Crippen LogP contribution in [0.4, 0.5) is 0 Å². The van der Waals surface area contributed by atoms with Gasteiger partial charge in [-0.15, -0.1) is 0 Å². The molecule has 1 aromatic rings. The van der Waals surface area contributed by atoms with Gasteiger partial charge in [0, 0.05) is 39.3 Å². The van der Waals surface area contributed by atoms with E-state index in [9.17, 15) is 0 Å². The molecule has 1 aromatic carbocycles. The molecular formula is C25H36N2O2. The van der Waals surface area contributed by atoms with Crippen LogP contribution in [0.25, 0.3) is 0 Å². The average Bonchev–Trinajstić information content (AvgIpc) is 2.71. The Balaban J connectivity index is 1.39. The summed E-state index contributed by atoms with van der Waals surface area (Å²) in [7, 11) is 1.79.